The average Bonchev–Trinajstić information content (AvgIpc) is 3.04. The van der Waals surface area contributed by atoms with E-state index in [4.69, 9.17) is 9.05 Å². The van der Waals surface area contributed by atoms with E-state index in [9.17, 15) is 19.4 Å². The molecule has 49 heavy (non-hydrogen) atoms. The predicted octanol–water partition coefficient (Wildman–Crippen LogP) is 10.2. The minimum atomic E-state index is -4.55. The van der Waals surface area contributed by atoms with Crippen molar-refractivity contribution < 1.29 is 32.9 Å². The zero-order chi connectivity index (χ0) is 36.5. The molecule has 0 aromatic carbocycles. The molecule has 1 amide bonds. The number of amides is 1. The molecule has 0 saturated heterocycles. The predicted molar refractivity (Wildman–Crippen MR) is 205 cm³/mol. The van der Waals surface area contributed by atoms with Crippen molar-refractivity contribution in [2.45, 2.75) is 199 Å². The number of carbonyl (C=O) groups is 1. The molecule has 0 aliphatic rings. The Morgan fingerprint density at radius 1 is 0.694 bits per heavy atom. The summed E-state index contributed by atoms with van der Waals surface area (Å²) in [5.41, 5.74) is 0. The third-order valence-electron chi connectivity index (χ3n) is 9.23. The third kappa shape index (κ3) is 35.4. The van der Waals surface area contributed by atoms with Gasteiger partial charge >= 0.3 is 0 Å². The van der Waals surface area contributed by atoms with Crippen LogP contribution in [0.4, 0.5) is 0 Å². The van der Waals surface area contributed by atoms with Crippen LogP contribution < -0.4 is 10.2 Å². The van der Waals surface area contributed by atoms with E-state index in [-0.39, 0.29) is 19.1 Å². The summed E-state index contributed by atoms with van der Waals surface area (Å²) in [5, 5.41) is 13.8. The Balaban J connectivity index is 4.36. The summed E-state index contributed by atoms with van der Waals surface area (Å²) >= 11 is 0. The zero-order valence-electron chi connectivity index (χ0n) is 32.9. The largest absolute Gasteiger partial charge is 0.756 e. The molecule has 3 atom stereocenters. The monoisotopic (exact) mass is 717 g/mol. The van der Waals surface area contributed by atoms with Crippen LogP contribution in [-0.4, -0.2) is 68.5 Å². The van der Waals surface area contributed by atoms with Crippen molar-refractivity contribution in [2.75, 3.05) is 40.9 Å². The molecular weight excluding hydrogens is 635 g/mol. The first-order valence-corrected chi connectivity index (χ1v) is 22.0. The van der Waals surface area contributed by atoms with Gasteiger partial charge in [0.15, 0.2) is 0 Å². The van der Waals surface area contributed by atoms with Crippen LogP contribution in [0.1, 0.15) is 187 Å². The van der Waals surface area contributed by atoms with E-state index in [0.717, 1.165) is 57.8 Å². The number of carbonyl (C=O) groups excluding carboxylic acids is 1. The molecule has 3 unspecified atom stereocenters. The van der Waals surface area contributed by atoms with E-state index in [1.807, 2.05) is 21.1 Å². The highest BCUT2D eigenvalue weighted by Gasteiger charge is 2.24. The van der Waals surface area contributed by atoms with E-state index in [1.165, 1.54) is 103 Å². The Kier molecular flexibility index (Phi) is 32.6. The molecule has 8 nitrogen and oxygen atoms in total. The number of allylic oxidation sites excluding steroid dienone is 2. The topological polar surface area (TPSA) is 108 Å². The van der Waals surface area contributed by atoms with Gasteiger partial charge in [0.05, 0.1) is 39.9 Å². The van der Waals surface area contributed by atoms with Gasteiger partial charge in [-0.25, -0.2) is 0 Å². The first kappa shape index (κ1) is 48.2. The van der Waals surface area contributed by atoms with Gasteiger partial charge in [-0.1, -0.05) is 161 Å². The minimum Gasteiger partial charge on any atom is -0.756 e. The number of unbranched alkanes of at least 4 members (excludes halogenated alkanes) is 22. The van der Waals surface area contributed by atoms with Crippen LogP contribution in [0, 0.1) is 0 Å². The Labute approximate surface area is 303 Å². The molecule has 0 heterocycles. The number of quaternary nitrogens is 1. The SMILES string of the molecule is CCC/C=C\CCCCCCCC(=O)NC(COP(=O)([O-])OCC[N+](C)(C)C)C(O)CCCCCCCCCCCCCCCCCCC. The van der Waals surface area contributed by atoms with E-state index >= 15 is 0 Å². The molecule has 9 heteroatoms. The highest BCUT2D eigenvalue weighted by molar-refractivity contribution is 7.45. The summed E-state index contributed by atoms with van der Waals surface area (Å²) in [6.07, 6.45) is 35.0. The number of hydrogen-bond acceptors (Lipinski definition) is 6. The van der Waals surface area contributed by atoms with Gasteiger partial charge in [0.2, 0.25) is 5.91 Å². The fourth-order valence-corrected chi connectivity index (χ4v) is 6.65. The Bertz CT molecular complexity index is 819. The number of rotatable bonds is 37. The van der Waals surface area contributed by atoms with Gasteiger partial charge in [-0.05, 0) is 32.1 Å². The maximum absolute atomic E-state index is 12.8. The maximum atomic E-state index is 12.8. The molecule has 0 aromatic rings. The van der Waals surface area contributed by atoms with Crippen LogP contribution >= 0.6 is 7.82 Å². The molecule has 0 aromatic heterocycles. The molecule has 0 fully saturated rings. The maximum Gasteiger partial charge on any atom is 0.268 e. The molecule has 292 valence electrons. The second kappa shape index (κ2) is 33.1. The summed E-state index contributed by atoms with van der Waals surface area (Å²) in [6.45, 7) is 4.64. The number of likely N-dealkylation sites (N-methyl/N-ethyl adjacent to an activating group) is 1. The quantitative estimate of drug-likeness (QED) is 0.0287. The van der Waals surface area contributed by atoms with Crippen LogP contribution in [-0.2, 0) is 18.4 Å². The summed E-state index contributed by atoms with van der Waals surface area (Å²) < 4.78 is 23.2. The van der Waals surface area contributed by atoms with Crippen molar-refractivity contribution in [2.24, 2.45) is 0 Å². The highest BCUT2D eigenvalue weighted by atomic mass is 31.2. The second-order valence-electron chi connectivity index (χ2n) is 15.3. The molecule has 0 radical (unpaired) electrons. The van der Waals surface area contributed by atoms with Gasteiger partial charge in [-0.2, -0.15) is 0 Å². The number of aliphatic hydroxyl groups excluding tert-OH is 1. The first-order chi connectivity index (χ1) is 23.5. The standard InChI is InChI=1S/C40H81N2O6P/c1-6-8-10-12-14-16-18-19-20-21-22-23-24-25-27-29-31-33-39(43)38(37-48-49(45,46)47-36-35-42(3,4)5)41-40(44)34-32-30-28-26-17-15-13-11-9-7-2/h11,13,38-39,43H,6-10,12,14-37H2,1-5H3,(H-,41,44,45,46)/b13-11-. The number of nitrogens with one attached hydrogen (secondary N) is 1. The van der Waals surface area contributed by atoms with Gasteiger partial charge in [-0.15, -0.1) is 0 Å². The number of phosphoric acid groups is 1. The van der Waals surface area contributed by atoms with Crippen LogP contribution in [0.3, 0.4) is 0 Å². The van der Waals surface area contributed by atoms with Crippen molar-refractivity contribution in [3.8, 4) is 0 Å². The molecule has 0 saturated carbocycles. The van der Waals surface area contributed by atoms with Gasteiger partial charge in [0.25, 0.3) is 7.82 Å². The van der Waals surface area contributed by atoms with Gasteiger partial charge in [0, 0.05) is 6.42 Å². The normalized spacial score (nSPS) is 14.7. The Morgan fingerprint density at radius 3 is 1.67 bits per heavy atom. The van der Waals surface area contributed by atoms with E-state index in [1.54, 1.807) is 0 Å². The lowest BCUT2D eigenvalue weighted by molar-refractivity contribution is -0.870. The summed E-state index contributed by atoms with van der Waals surface area (Å²) in [7, 11) is 1.30. The lowest BCUT2D eigenvalue weighted by atomic mass is 10.0. The van der Waals surface area contributed by atoms with Crippen LogP contribution in [0.25, 0.3) is 0 Å². The van der Waals surface area contributed by atoms with Crippen LogP contribution in [0.5, 0.6) is 0 Å². The fraction of sp³-hybridized carbons (Fsp3) is 0.925. The van der Waals surface area contributed by atoms with Gasteiger partial charge < -0.3 is 28.8 Å². The van der Waals surface area contributed by atoms with Gasteiger partial charge in [0.1, 0.15) is 13.2 Å². The van der Waals surface area contributed by atoms with Crippen molar-refractivity contribution in [3.63, 3.8) is 0 Å². The molecule has 0 aliphatic carbocycles. The van der Waals surface area contributed by atoms with Crippen molar-refractivity contribution in [1.82, 2.24) is 5.32 Å². The van der Waals surface area contributed by atoms with E-state index in [2.05, 4.69) is 31.3 Å². The molecular formula is C40H81N2O6P. The summed E-state index contributed by atoms with van der Waals surface area (Å²) in [6, 6.07) is -0.798. The van der Waals surface area contributed by atoms with E-state index < -0.39 is 20.0 Å². The number of aliphatic hydroxyl groups is 1. The first-order valence-electron chi connectivity index (χ1n) is 20.5. The van der Waals surface area contributed by atoms with Crippen molar-refractivity contribution in [3.05, 3.63) is 12.2 Å². The lowest BCUT2D eigenvalue weighted by Gasteiger charge is -2.30. The average molecular weight is 717 g/mol. The minimum absolute atomic E-state index is 0.0120. The second-order valence-corrected chi connectivity index (χ2v) is 16.8. The Hall–Kier alpha value is -0.760. The molecule has 0 bridgehead atoms. The third-order valence-corrected chi connectivity index (χ3v) is 10.2. The lowest BCUT2D eigenvalue weighted by Crippen LogP contribution is -2.46. The summed E-state index contributed by atoms with van der Waals surface area (Å²) in [4.78, 5) is 25.2. The molecule has 0 rings (SSSR count). The zero-order valence-corrected chi connectivity index (χ0v) is 33.8. The number of phosphoric ester groups is 1. The van der Waals surface area contributed by atoms with Crippen molar-refractivity contribution >= 4 is 13.7 Å². The fourth-order valence-electron chi connectivity index (χ4n) is 5.92. The smallest absolute Gasteiger partial charge is 0.268 e. The molecule has 2 N–H and O–H groups in total. The van der Waals surface area contributed by atoms with E-state index in [0.29, 0.717) is 23.9 Å². The number of nitrogens with zero attached hydrogens (tertiary/aromatic N) is 1. The van der Waals surface area contributed by atoms with Crippen LogP contribution in [0.2, 0.25) is 0 Å². The Morgan fingerprint density at radius 2 is 1.16 bits per heavy atom. The van der Waals surface area contributed by atoms with Crippen LogP contribution in [0.15, 0.2) is 12.2 Å². The number of hydrogen-bond donors (Lipinski definition) is 2. The molecule has 0 aliphatic heterocycles. The van der Waals surface area contributed by atoms with Crippen molar-refractivity contribution in [1.29, 1.82) is 0 Å². The highest BCUT2D eigenvalue weighted by Crippen LogP contribution is 2.38. The molecule has 0 spiro atoms. The summed E-state index contributed by atoms with van der Waals surface area (Å²) in [5.74, 6) is -0.177. The van der Waals surface area contributed by atoms with Gasteiger partial charge in [-0.3, -0.25) is 9.36 Å².